The zero-order valence-corrected chi connectivity index (χ0v) is 15.0. The molecule has 3 nitrogen and oxygen atoms in total. The Bertz CT molecular complexity index is 723. The molecule has 0 bridgehead atoms. The Balaban J connectivity index is 2.59. The summed E-state index contributed by atoms with van der Waals surface area (Å²) in [5.74, 6) is 0.463. The number of hydrogen-bond donors (Lipinski definition) is 0. The van der Waals surface area contributed by atoms with Crippen molar-refractivity contribution in [2.75, 3.05) is 13.3 Å². The average molecular weight is 304 g/mol. The number of benzene rings is 1. The van der Waals surface area contributed by atoms with Crippen molar-refractivity contribution in [3.05, 3.63) is 40.7 Å². The van der Waals surface area contributed by atoms with Gasteiger partial charge in [-0.3, -0.25) is 0 Å². The first kappa shape index (κ1) is 16.0. The highest BCUT2D eigenvalue weighted by Gasteiger charge is 2.18. The second kappa shape index (κ2) is 5.46. The van der Waals surface area contributed by atoms with E-state index in [9.17, 15) is 4.57 Å². The molecular formula is C17H25N2OP. The highest BCUT2D eigenvalue weighted by molar-refractivity contribution is 7.70. The maximum Gasteiger partial charge on any atom is 0.109 e. The third-order valence-electron chi connectivity index (χ3n) is 3.96. The lowest BCUT2D eigenvalue weighted by atomic mass is 10.0. The SMILES string of the molecule is Cc1cc(P(C)(C)=O)ccc1-n1nc(C)c(C(C)C)c1C. The van der Waals surface area contributed by atoms with Crippen molar-refractivity contribution >= 4 is 12.4 Å². The van der Waals surface area contributed by atoms with Crippen molar-refractivity contribution in [3.8, 4) is 5.69 Å². The molecule has 0 atom stereocenters. The third-order valence-corrected chi connectivity index (χ3v) is 5.48. The van der Waals surface area contributed by atoms with Crippen LogP contribution in [-0.4, -0.2) is 23.1 Å². The summed E-state index contributed by atoms with van der Waals surface area (Å²) in [6.07, 6.45) is 0. The smallest absolute Gasteiger partial charge is 0.109 e. The largest absolute Gasteiger partial charge is 0.319 e. The Labute approximate surface area is 127 Å². The minimum absolute atomic E-state index is 0.463. The van der Waals surface area contributed by atoms with Crippen molar-refractivity contribution in [1.29, 1.82) is 0 Å². The van der Waals surface area contributed by atoms with E-state index in [1.807, 2.05) is 36.2 Å². The molecule has 0 aliphatic heterocycles. The summed E-state index contributed by atoms with van der Waals surface area (Å²) in [6, 6.07) is 6.03. The molecule has 2 rings (SSSR count). The Morgan fingerprint density at radius 3 is 2.19 bits per heavy atom. The number of aryl methyl sites for hydroxylation is 2. The van der Waals surface area contributed by atoms with E-state index >= 15 is 0 Å². The number of hydrogen-bond acceptors (Lipinski definition) is 2. The van der Waals surface area contributed by atoms with Gasteiger partial charge in [-0.2, -0.15) is 5.10 Å². The minimum Gasteiger partial charge on any atom is -0.319 e. The Kier molecular flexibility index (Phi) is 4.17. The molecule has 0 fully saturated rings. The summed E-state index contributed by atoms with van der Waals surface area (Å²) in [5, 5.41) is 5.63. The van der Waals surface area contributed by atoms with Gasteiger partial charge < -0.3 is 4.57 Å². The van der Waals surface area contributed by atoms with Gasteiger partial charge in [0.25, 0.3) is 0 Å². The van der Waals surface area contributed by atoms with Gasteiger partial charge >= 0.3 is 0 Å². The lowest BCUT2D eigenvalue weighted by Crippen LogP contribution is -2.08. The van der Waals surface area contributed by atoms with E-state index in [1.54, 1.807) is 0 Å². The van der Waals surface area contributed by atoms with Gasteiger partial charge in [-0.15, -0.1) is 0 Å². The van der Waals surface area contributed by atoms with Gasteiger partial charge in [0, 0.05) is 11.0 Å². The molecule has 2 aromatic rings. The Hall–Kier alpha value is -1.34. The zero-order chi connectivity index (χ0) is 15.9. The molecule has 0 N–H and O–H groups in total. The van der Waals surface area contributed by atoms with E-state index < -0.39 is 7.14 Å². The van der Waals surface area contributed by atoms with Crippen LogP contribution in [0.5, 0.6) is 0 Å². The van der Waals surface area contributed by atoms with E-state index in [0.717, 1.165) is 22.2 Å². The Morgan fingerprint density at radius 2 is 1.76 bits per heavy atom. The van der Waals surface area contributed by atoms with Crippen LogP contribution < -0.4 is 5.30 Å². The topological polar surface area (TPSA) is 34.9 Å². The molecule has 0 spiro atoms. The fourth-order valence-electron chi connectivity index (χ4n) is 2.94. The van der Waals surface area contributed by atoms with Crippen molar-refractivity contribution in [2.24, 2.45) is 0 Å². The maximum absolute atomic E-state index is 12.2. The van der Waals surface area contributed by atoms with Crippen LogP contribution in [0.25, 0.3) is 5.69 Å². The summed E-state index contributed by atoms with van der Waals surface area (Å²) in [4.78, 5) is 0. The number of aromatic nitrogens is 2. The van der Waals surface area contributed by atoms with E-state index in [2.05, 4.69) is 34.6 Å². The lowest BCUT2D eigenvalue weighted by Gasteiger charge is -2.13. The number of nitrogens with zero attached hydrogens (tertiary/aromatic N) is 2. The zero-order valence-electron chi connectivity index (χ0n) is 14.1. The molecular weight excluding hydrogens is 279 g/mol. The van der Waals surface area contributed by atoms with E-state index in [1.165, 1.54) is 11.3 Å². The predicted octanol–water partition coefficient (Wildman–Crippen LogP) is 4.17. The molecule has 0 saturated carbocycles. The van der Waals surface area contributed by atoms with E-state index in [0.29, 0.717) is 5.92 Å². The molecule has 0 saturated heterocycles. The van der Waals surface area contributed by atoms with Crippen molar-refractivity contribution in [3.63, 3.8) is 0 Å². The van der Waals surface area contributed by atoms with Gasteiger partial charge in [0.1, 0.15) is 7.14 Å². The van der Waals surface area contributed by atoms with Crippen LogP contribution in [0.15, 0.2) is 18.2 Å². The number of rotatable bonds is 3. The summed E-state index contributed by atoms with van der Waals surface area (Å²) in [6.45, 7) is 14.2. The van der Waals surface area contributed by atoms with Gasteiger partial charge in [-0.25, -0.2) is 4.68 Å². The summed E-state index contributed by atoms with van der Waals surface area (Å²) >= 11 is 0. The monoisotopic (exact) mass is 304 g/mol. The molecule has 114 valence electrons. The van der Waals surface area contributed by atoms with Crippen molar-refractivity contribution in [2.45, 2.75) is 40.5 Å². The van der Waals surface area contributed by atoms with Gasteiger partial charge in [0.2, 0.25) is 0 Å². The van der Waals surface area contributed by atoms with Crippen LogP contribution in [0, 0.1) is 20.8 Å². The standard InChI is InChI=1S/C17H25N2OP/c1-11(2)17-13(4)18-19(14(17)5)16-9-8-15(10-12(16)3)21(6,7)20/h8-11H,1-7H3. The molecule has 4 heteroatoms. The van der Waals surface area contributed by atoms with Crippen LogP contribution in [-0.2, 0) is 4.57 Å². The molecule has 0 aliphatic rings. The summed E-state index contributed by atoms with van der Waals surface area (Å²) < 4.78 is 14.2. The average Bonchev–Trinajstić information content (AvgIpc) is 2.63. The highest BCUT2D eigenvalue weighted by atomic mass is 31.2. The normalized spacial score (nSPS) is 12.2. The van der Waals surface area contributed by atoms with Crippen molar-refractivity contribution in [1.82, 2.24) is 9.78 Å². The van der Waals surface area contributed by atoms with Crippen LogP contribution in [0.2, 0.25) is 0 Å². The molecule has 1 aromatic heterocycles. The first-order valence-electron chi connectivity index (χ1n) is 7.35. The lowest BCUT2D eigenvalue weighted by molar-refractivity contribution is 0.588. The van der Waals surface area contributed by atoms with Crippen molar-refractivity contribution < 1.29 is 4.57 Å². The summed E-state index contributed by atoms with van der Waals surface area (Å²) in [5.41, 5.74) is 5.77. The molecule has 0 aliphatic carbocycles. The van der Waals surface area contributed by atoms with Gasteiger partial charge in [-0.05, 0) is 69.3 Å². The van der Waals surface area contributed by atoms with E-state index in [4.69, 9.17) is 5.10 Å². The molecule has 1 aromatic carbocycles. The second-order valence-corrected chi connectivity index (χ2v) is 9.69. The minimum atomic E-state index is -2.22. The molecule has 0 amide bonds. The quantitative estimate of drug-likeness (QED) is 0.798. The van der Waals surface area contributed by atoms with Gasteiger partial charge in [0.05, 0.1) is 11.4 Å². The van der Waals surface area contributed by atoms with Gasteiger partial charge in [-0.1, -0.05) is 13.8 Å². The highest BCUT2D eigenvalue weighted by Crippen LogP contribution is 2.35. The fraction of sp³-hybridized carbons (Fsp3) is 0.471. The predicted molar refractivity (Wildman–Crippen MR) is 91.0 cm³/mol. The van der Waals surface area contributed by atoms with Crippen LogP contribution in [0.3, 0.4) is 0 Å². The molecule has 0 unspecified atom stereocenters. The first-order valence-corrected chi connectivity index (χ1v) is 9.95. The maximum atomic E-state index is 12.2. The van der Waals surface area contributed by atoms with Crippen LogP contribution >= 0.6 is 7.14 Å². The molecule has 0 radical (unpaired) electrons. The first-order chi connectivity index (χ1) is 9.62. The fourth-order valence-corrected chi connectivity index (χ4v) is 3.88. The molecule has 1 heterocycles. The van der Waals surface area contributed by atoms with Gasteiger partial charge in [0.15, 0.2) is 0 Å². The summed E-state index contributed by atoms with van der Waals surface area (Å²) in [7, 11) is -2.22. The molecule has 21 heavy (non-hydrogen) atoms. The third kappa shape index (κ3) is 2.98. The second-order valence-electron chi connectivity index (χ2n) is 6.47. The van der Waals surface area contributed by atoms with Crippen LogP contribution in [0.4, 0.5) is 0 Å². The Morgan fingerprint density at radius 1 is 1.14 bits per heavy atom. The van der Waals surface area contributed by atoms with E-state index in [-0.39, 0.29) is 0 Å². The van der Waals surface area contributed by atoms with Crippen LogP contribution in [0.1, 0.15) is 42.3 Å².